The summed E-state index contributed by atoms with van der Waals surface area (Å²) in [7, 11) is -4.17. The van der Waals surface area contributed by atoms with Crippen LogP contribution >= 0.6 is 11.6 Å². The molecule has 16 heteroatoms. The van der Waals surface area contributed by atoms with Crippen molar-refractivity contribution in [2.45, 2.75) is 70.7 Å². The van der Waals surface area contributed by atoms with Crippen LogP contribution in [0.25, 0.3) is 0 Å². The van der Waals surface area contributed by atoms with Gasteiger partial charge in [0.25, 0.3) is 11.6 Å². The highest BCUT2D eigenvalue weighted by Gasteiger charge is 2.44. The molecule has 280 valence electrons. The van der Waals surface area contributed by atoms with E-state index in [9.17, 15) is 38.0 Å². The van der Waals surface area contributed by atoms with Crippen LogP contribution in [0.2, 0.25) is 5.02 Å². The molecule has 1 aliphatic heterocycles. The van der Waals surface area contributed by atoms with Gasteiger partial charge in [-0.05, 0) is 54.5 Å². The number of hydrogen-bond acceptors (Lipinski definition) is 9. The van der Waals surface area contributed by atoms with Gasteiger partial charge in [0.15, 0.2) is 0 Å². The van der Waals surface area contributed by atoms with Crippen LogP contribution in [0.4, 0.5) is 16.2 Å². The van der Waals surface area contributed by atoms with Gasteiger partial charge in [-0.1, -0.05) is 81.8 Å². The first-order valence-electron chi connectivity index (χ1n) is 16.8. The molecule has 4 amide bonds. The molecule has 0 bridgehead atoms. The molecule has 1 heterocycles. The number of benzene rings is 3. The van der Waals surface area contributed by atoms with Crippen LogP contribution in [0.3, 0.4) is 0 Å². The maximum atomic E-state index is 14.1. The van der Waals surface area contributed by atoms with Gasteiger partial charge < -0.3 is 21.1 Å². The summed E-state index contributed by atoms with van der Waals surface area (Å²) in [6.45, 7) is 7.71. The number of sulfonamides is 1. The summed E-state index contributed by atoms with van der Waals surface area (Å²) in [5.41, 5.74) is 7.40. The molecule has 1 saturated heterocycles. The first kappa shape index (κ1) is 40.2. The van der Waals surface area contributed by atoms with Gasteiger partial charge >= 0.3 is 6.03 Å². The van der Waals surface area contributed by atoms with Crippen molar-refractivity contribution in [2.75, 3.05) is 25.4 Å². The number of urea groups is 1. The normalized spacial score (nSPS) is 15.4. The zero-order valence-corrected chi connectivity index (χ0v) is 31.3. The van der Waals surface area contributed by atoms with Crippen molar-refractivity contribution in [3.63, 3.8) is 0 Å². The van der Waals surface area contributed by atoms with Crippen LogP contribution in [0.15, 0.2) is 71.6 Å². The summed E-state index contributed by atoms with van der Waals surface area (Å²) in [6, 6.07) is 14.5. The topological polar surface area (TPSA) is 196 Å². The third kappa shape index (κ3) is 9.45. The van der Waals surface area contributed by atoms with Gasteiger partial charge in [-0.25, -0.2) is 13.2 Å². The molecule has 3 aromatic rings. The standard InChI is InChI=1S/C36H45ClN6O8S/c1-22(2)18-40(52(50,51)27-13-14-28(37)29(38)17-27)20-32(44)30(15-25-9-7-6-8-10-25)39-35(46)34(23(3)4)42-21-33(45)41(36(42)47)19-26-12-11-24(5)31(16-26)43(48)49/h6-14,16-17,22-23,30,32,34,44H,15,18-21,38H2,1-5H3,(H,39,46)/t30-,32+,34?/m0/s1. The van der Waals surface area contributed by atoms with Crippen LogP contribution in [-0.2, 0) is 32.6 Å². The lowest BCUT2D eigenvalue weighted by Crippen LogP contribution is -2.57. The molecule has 0 aromatic heterocycles. The molecule has 3 aromatic carbocycles. The molecule has 0 saturated carbocycles. The lowest BCUT2D eigenvalue weighted by Gasteiger charge is -2.34. The molecule has 3 atom stereocenters. The van der Waals surface area contributed by atoms with Crippen molar-refractivity contribution in [1.29, 1.82) is 0 Å². The predicted molar refractivity (Wildman–Crippen MR) is 197 cm³/mol. The number of nitrogens with one attached hydrogen (secondary N) is 1. The summed E-state index contributed by atoms with van der Waals surface area (Å²) in [6.07, 6.45) is -1.30. The zero-order chi connectivity index (χ0) is 38.5. The average Bonchev–Trinajstić information content (AvgIpc) is 3.33. The number of rotatable bonds is 16. The Labute approximate surface area is 308 Å². The lowest BCUT2D eigenvalue weighted by molar-refractivity contribution is -0.385. The van der Waals surface area contributed by atoms with Gasteiger partial charge in [-0.15, -0.1) is 0 Å². The average molecular weight is 757 g/mol. The molecule has 14 nitrogen and oxygen atoms in total. The van der Waals surface area contributed by atoms with Gasteiger partial charge in [0.1, 0.15) is 12.6 Å². The number of nitro benzene ring substituents is 1. The Hall–Kier alpha value is -4.57. The Bertz CT molecular complexity index is 1910. The lowest BCUT2D eigenvalue weighted by atomic mass is 9.97. The SMILES string of the molecule is Cc1ccc(CN2C(=O)CN(C(C(=O)N[C@@H](Cc3ccccc3)[C@H](O)CN(CC(C)C)S(=O)(=O)c3ccc(Cl)c(N)c3)C(C)C)C2=O)cc1[N+](=O)[O-]. The summed E-state index contributed by atoms with van der Waals surface area (Å²) in [5.74, 6) is -1.84. The number of carbonyl (C=O) groups is 3. The zero-order valence-electron chi connectivity index (χ0n) is 29.7. The smallest absolute Gasteiger partial charge is 0.328 e. The quantitative estimate of drug-likeness (QED) is 0.0823. The highest BCUT2D eigenvalue weighted by molar-refractivity contribution is 7.89. The van der Waals surface area contributed by atoms with Gasteiger partial charge in [-0.2, -0.15) is 4.31 Å². The number of amides is 4. The van der Waals surface area contributed by atoms with Crippen molar-refractivity contribution in [2.24, 2.45) is 11.8 Å². The molecule has 1 aliphatic rings. The number of aryl methyl sites for hydroxylation is 1. The van der Waals surface area contributed by atoms with Crippen molar-refractivity contribution in [1.82, 2.24) is 19.4 Å². The van der Waals surface area contributed by atoms with E-state index in [0.29, 0.717) is 11.1 Å². The second-order valence-electron chi connectivity index (χ2n) is 13.7. The first-order valence-corrected chi connectivity index (χ1v) is 18.6. The van der Waals surface area contributed by atoms with Crippen LogP contribution in [-0.4, -0.2) is 88.2 Å². The van der Waals surface area contributed by atoms with Crippen molar-refractivity contribution in [3.8, 4) is 0 Å². The van der Waals surface area contributed by atoms with Gasteiger partial charge in [-0.3, -0.25) is 24.6 Å². The summed E-state index contributed by atoms with van der Waals surface area (Å²) in [4.78, 5) is 53.9. The summed E-state index contributed by atoms with van der Waals surface area (Å²) < 4.78 is 28.9. The highest BCUT2D eigenvalue weighted by atomic mass is 35.5. The minimum absolute atomic E-state index is 0.0485. The molecular formula is C36H45ClN6O8S. The van der Waals surface area contributed by atoms with Gasteiger partial charge in [0.2, 0.25) is 15.9 Å². The minimum atomic E-state index is -4.17. The molecule has 0 spiro atoms. The number of imide groups is 1. The Kier molecular flexibility index (Phi) is 13.0. The number of nitrogens with zero attached hydrogens (tertiary/aromatic N) is 4. The van der Waals surface area contributed by atoms with Crippen LogP contribution in [0.5, 0.6) is 0 Å². The van der Waals surface area contributed by atoms with Crippen LogP contribution in [0.1, 0.15) is 44.4 Å². The van der Waals surface area contributed by atoms with E-state index in [0.717, 1.165) is 19.7 Å². The van der Waals surface area contributed by atoms with Crippen molar-refractivity contribution >= 4 is 50.8 Å². The van der Waals surface area contributed by atoms with Crippen LogP contribution < -0.4 is 11.1 Å². The molecule has 4 N–H and O–H groups in total. The van der Waals surface area contributed by atoms with E-state index in [1.807, 2.05) is 19.9 Å². The predicted octanol–water partition coefficient (Wildman–Crippen LogP) is 4.36. The second-order valence-corrected chi connectivity index (χ2v) is 16.1. The maximum absolute atomic E-state index is 14.1. The summed E-state index contributed by atoms with van der Waals surface area (Å²) in [5, 5.41) is 26.3. The number of aliphatic hydroxyl groups excluding tert-OH is 1. The number of aliphatic hydroxyl groups is 1. The number of hydrogen-bond donors (Lipinski definition) is 3. The largest absolute Gasteiger partial charge is 0.397 e. The fraction of sp³-hybridized carbons (Fsp3) is 0.417. The van der Waals surface area contributed by atoms with E-state index in [4.69, 9.17) is 17.3 Å². The van der Waals surface area contributed by atoms with Gasteiger partial charge in [0, 0.05) is 24.7 Å². The van der Waals surface area contributed by atoms with Crippen molar-refractivity contribution < 1.29 is 32.8 Å². The number of nitrogens with two attached hydrogens (primary N) is 1. The number of halogens is 1. The number of anilines is 1. The van der Waals surface area contributed by atoms with E-state index in [1.54, 1.807) is 51.1 Å². The van der Waals surface area contributed by atoms with E-state index >= 15 is 0 Å². The molecular weight excluding hydrogens is 712 g/mol. The minimum Gasteiger partial charge on any atom is -0.397 e. The van der Waals surface area contributed by atoms with Crippen molar-refractivity contribution in [3.05, 3.63) is 98.6 Å². The van der Waals surface area contributed by atoms with E-state index in [-0.39, 0.29) is 53.3 Å². The Balaban J connectivity index is 1.60. The fourth-order valence-electron chi connectivity index (χ4n) is 6.14. The fourth-order valence-corrected chi connectivity index (χ4v) is 7.91. The van der Waals surface area contributed by atoms with Crippen LogP contribution in [0, 0.1) is 28.9 Å². The Morgan fingerprint density at radius 3 is 2.31 bits per heavy atom. The first-order chi connectivity index (χ1) is 24.4. The van der Waals surface area contributed by atoms with E-state index in [1.165, 1.54) is 30.3 Å². The monoisotopic (exact) mass is 756 g/mol. The van der Waals surface area contributed by atoms with E-state index in [2.05, 4.69) is 5.32 Å². The number of carbonyl (C=O) groups excluding carboxylic acids is 3. The van der Waals surface area contributed by atoms with Gasteiger partial charge in [0.05, 0.1) is 39.2 Å². The molecule has 4 rings (SSSR count). The second kappa shape index (κ2) is 16.8. The molecule has 1 unspecified atom stereocenters. The summed E-state index contributed by atoms with van der Waals surface area (Å²) >= 11 is 6.04. The Morgan fingerprint density at radius 1 is 1.04 bits per heavy atom. The van der Waals surface area contributed by atoms with E-state index < -0.39 is 63.4 Å². The molecule has 1 fully saturated rings. The molecule has 0 radical (unpaired) electrons. The number of nitrogen functional groups attached to an aromatic ring is 1. The molecule has 0 aliphatic carbocycles. The Morgan fingerprint density at radius 2 is 1.71 bits per heavy atom. The highest BCUT2D eigenvalue weighted by Crippen LogP contribution is 2.27. The third-order valence-corrected chi connectivity index (χ3v) is 11.0. The third-order valence-electron chi connectivity index (χ3n) is 8.79. The number of nitro groups is 1. The molecule has 52 heavy (non-hydrogen) atoms. The maximum Gasteiger partial charge on any atom is 0.328 e.